The van der Waals surface area contributed by atoms with E-state index < -0.39 is 0 Å². The average molecular weight is 336 g/mol. The number of para-hydroxylation sites is 1. The number of carbonyl (C=O) groups is 1. The van der Waals surface area contributed by atoms with Crippen LogP contribution in [0.15, 0.2) is 67.0 Å². The Morgan fingerprint density at radius 2 is 1.72 bits per heavy atom. The summed E-state index contributed by atoms with van der Waals surface area (Å²) >= 11 is 0. The number of nitrogens with one attached hydrogen (secondary N) is 2. The second-order valence-corrected chi connectivity index (χ2v) is 5.60. The predicted molar refractivity (Wildman–Crippen MR) is 96.0 cm³/mol. The van der Waals surface area contributed by atoms with E-state index in [0.717, 1.165) is 22.4 Å². The highest BCUT2D eigenvalue weighted by atomic mass is 16.3. The van der Waals surface area contributed by atoms with E-state index in [4.69, 9.17) is 0 Å². The molecule has 2 amide bonds. The number of rotatable bonds is 6. The van der Waals surface area contributed by atoms with Crippen LogP contribution in [0, 0.1) is 0 Å². The molecule has 0 unspecified atom stereocenters. The first-order chi connectivity index (χ1) is 12.3. The maximum absolute atomic E-state index is 12.2. The first-order valence-electron chi connectivity index (χ1n) is 8.04. The number of anilines is 1. The van der Waals surface area contributed by atoms with Gasteiger partial charge in [0.15, 0.2) is 0 Å². The second kappa shape index (κ2) is 8.12. The van der Waals surface area contributed by atoms with Crippen molar-refractivity contribution in [2.45, 2.75) is 19.7 Å². The van der Waals surface area contributed by atoms with Gasteiger partial charge < -0.3 is 15.7 Å². The average Bonchev–Trinajstić information content (AvgIpc) is 3.15. The Bertz CT molecular complexity index is 831. The largest absolute Gasteiger partial charge is 0.392 e. The molecule has 0 spiro atoms. The Hall–Kier alpha value is -3.12. The van der Waals surface area contributed by atoms with Crippen molar-refractivity contribution in [3.05, 3.63) is 83.7 Å². The van der Waals surface area contributed by atoms with E-state index in [2.05, 4.69) is 15.7 Å². The van der Waals surface area contributed by atoms with Gasteiger partial charge in [-0.05, 0) is 28.8 Å². The summed E-state index contributed by atoms with van der Waals surface area (Å²) in [6.07, 6.45) is 3.60. The molecule has 128 valence electrons. The quantitative estimate of drug-likeness (QED) is 0.647. The Morgan fingerprint density at radius 3 is 2.44 bits per heavy atom. The minimum Gasteiger partial charge on any atom is -0.392 e. The number of urea groups is 1. The number of nitrogens with zero attached hydrogens (tertiary/aromatic N) is 2. The molecule has 0 saturated heterocycles. The number of benzene rings is 2. The monoisotopic (exact) mass is 336 g/mol. The van der Waals surface area contributed by atoms with Crippen molar-refractivity contribution >= 4 is 11.7 Å². The lowest BCUT2D eigenvalue weighted by molar-refractivity contribution is 0.251. The Morgan fingerprint density at radius 1 is 1.00 bits per heavy atom. The number of aliphatic hydroxyl groups is 1. The molecule has 6 heteroatoms. The summed E-state index contributed by atoms with van der Waals surface area (Å²) in [5, 5.41) is 19.2. The third kappa shape index (κ3) is 4.45. The van der Waals surface area contributed by atoms with Crippen LogP contribution in [-0.4, -0.2) is 20.9 Å². The van der Waals surface area contributed by atoms with E-state index in [1.54, 1.807) is 10.9 Å². The van der Waals surface area contributed by atoms with Crippen molar-refractivity contribution in [3.63, 3.8) is 0 Å². The zero-order valence-corrected chi connectivity index (χ0v) is 13.7. The third-order valence-electron chi connectivity index (χ3n) is 3.89. The number of aliphatic hydroxyl groups excluding tert-OH is 1. The van der Waals surface area contributed by atoms with Gasteiger partial charge in [-0.25, -0.2) is 4.79 Å². The topological polar surface area (TPSA) is 79.2 Å². The molecule has 0 fully saturated rings. The minimum atomic E-state index is -0.291. The zero-order valence-electron chi connectivity index (χ0n) is 13.7. The van der Waals surface area contributed by atoms with Crippen LogP contribution in [0.2, 0.25) is 0 Å². The minimum absolute atomic E-state index is 0.0494. The lowest BCUT2D eigenvalue weighted by Gasteiger charge is -2.13. The van der Waals surface area contributed by atoms with Gasteiger partial charge in [-0.1, -0.05) is 42.5 Å². The number of hydrogen-bond acceptors (Lipinski definition) is 3. The van der Waals surface area contributed by atoms with Crippen LogP contribution in [0.3, 0.4) is 0 Å². The lowest BCUT2D eigenvalue weighted by atomic mass is 10.1. The maximum Gasteiger partial charge on any atom is 0.319 e. The van der Waals surface area contributed by atoms with Gasteiger partial charge >= 0.3 is 6.03 Å². The van der Waals surface area contributed by atoms with Gasteiger partial charge in [0, 0.05) is 24.6 Å². The van der Waals surface area contributed by atoms with E-state index in [9.17, 15) is 9.90 Å². The fourth-order valence-corrected chi connectivity index (χ4v) is 2.57. The molecule has 25 heavy (non-hydrogen) atoms. The van der Waals surface area contributed by atoms with E-state index >= 15 is 0 Å². The second-order valence-electron chi connectivity index (χ2n) is 5.60. The summed E-state index contributed by atoms with van der Waals surface area (Å²) in [6.45, 7) is 0.882. The first-order valence-corrected chi connectivity index (χ1v) is 8.04. The summed E-state index contributed by atoms with van der Waals surface area (Å²) in [5.41, 5.74) is 3.41. The molecule has 0 bridgehead atoms. The normalized spacial score (nSPS) is 10.4. The summed E-state index contributed by atoms with van der Waals surface area (Å²) in [6, 6.07) is 16.7. The fraction of sp³-hybridized carbons (Fsp3) is 0.158. The Labute approximate surface area is 146 Å². The summed E-state index contributed by atoms with van der Waals surface area (Å²) in [7, 11) is 0. The molecular weight excluding hydrogens is 316 g/mol. The first kappa shape index (κ1) is 16.7. The maximum atomic E-state index is 12.2. The zero-order chi connectivity index (χ0) is 17.5. The predicted octanol–water partition coefficient (Wildman–Crippen LogP) is 2.75. The van der Waals surface area contributed by atoms with Crippen LogP contribution in [0.25, 0.3) is 0 Å². The molecule has 3 N–H and O–H groups in total. The number of aromatic nitrogens is 2. The van der Waals surface area contributed by atoms with Crippen molar-refractivity contribution in [2.24, 2.45) is 0 Å². The van der Waals surface area contributed by atoms with Gasteiger partial charge in [0.25, 0.3) is 0 Å². The van der Waals surface area contributed by atoms with Crippen LogP contribution < -0.4 is 10.6 Å². The van der Waals surface area contributed by atoms with Gasteiger partial charge in [0.05, 0.1) is 13.2 Å². The van der Waals surface area contributed by atoms with E-state index in [-0.39, 0.29) is 12.6 Å². The molecular formula is C19H20N4O2. The Balaban J connectivity index is 1.63. The van der Waals surface area contributed by atoms with Gasteiger partial charge in [-0.3, -0.25) is 4.68 Å². The van der Waals surface area contributed by atoms with Crippen molar-refractivity contribution in [3.8, 4) is 0 Å². The number of carbonyl (C=O) groups excluding carboxylic acids is 1. The van der Waals surface area contributed by atoms with Crippen molar-refractivity contribution in [2.75, 3.05) is 5.32 Å². The highest BCUT2D eigenvalue weighted by Crippen LogP contribution is 2.16. The summed E-state index contributed by atoms with van der Waals surface area (Å²) < 4.78 is 1.80. The van der Waals surface area contributed by atoms with Crippen molar-refractivity contribution in [1.82, 2.24) is 15.1 Å². The third-order valence-corrected chi connectivity index (χ3v) is 3.89. The highest BCUT2D eigenvalue weighted by molar-refractivity contribution is 5.90. The molecule has 0 saturated carbocycles. The fourth-order valence-electron chi connectivity index (χ4n) is 2.57. The van der Waals surface area contributed by atoms with Crippen LogP contribution >= 0.6 is 0 Å². The van der Waals surface area contributed by atoms with Gasteiger partial charge in [0.1, 0.15) is 0 Å². The standard InChI is InChI=1S/C19H20N4O2/c24-14-17-8-2-1-6-15(17)12-20-19(25)22-18-9-4-3-7-16(18)13-23-11-5-10-21-23/h1-11,24H,12-14H2,(H2,20,22,25). The van der Waals surface area contributed by atoms with Gasteiger partial charge in [-0.2, -0.15) is 5.10 Å². The molecule has 3 rings (SSSR count). The van der Waals surface area contributed by atoms with Crippen LogP contribution in [0.4, 0.5) is 10.5 Å². The van der Waals surface area contributed by atoms with Crippen LogP contribution in [0.5, 0.6) is 0 Å². The van der Waals surface area contributed by atoms with Crippen molar-refractivity contribution in [1.29, 1.82) is 0 Å². The SMILES string of the molecule is O=C(NCc1ccccc1CO)Nc1ccccc1Cn1cccn1. The van der Waals surface area contributed by atoms with E-state index in [0.29, 0.717) is 13.1 Å². The van der Waals surface area contributed by atoms with Crippen LogP contribution in [-0.2, 0) is 19.7 Å². The van der Waals surface area contributed by atoms with Gasteiger partial charge in [-0.15, -0.1) is 0 Å². The lowest BCUT2D eigenvalue weighted by Crippen LogP contribution is -2.29. The summed E-state index contributed by atoms with van der Waals surface area (Å²) in [5.74, 6) is 0. The van der Waals surface area contributed by atoms with Gasteiger partial charge in [0.2, 0.25) is 0 Å². The molecule has 0 aliphatic rings. The molecule has 0 atom stereocenters. The van der Waals surface area contributed by atoms with Crippen LogP contribution in [0.1, 0.15) is 16.7 Å². The van der Waals surface area contributed by atoms with E-state index in [1.165, 1.54) is 0 Å². The van der Waals surface area contributed by atoms with Crippen molar-refractivity contribution < 1.29 is 9.90 Å². The molecule has 3 aromatic rings. The molecule has 1 heterocycles. The smallest absolute Gasteiger partial charge is 0.319 e. The summed E-state index contributed by atoms with van der Waals surface area (Å²) in [4.78, 5) is 12.2. The number of hydrogen-bond donors (Lipinski definition) is 3. The molecule has 0 radical (unpaired) electrons. The molecule has 1 aromatic heterocycles. The molecule has 0 aliphatic heterocycles. The highest BCUT2D eigenvalue weighted by Gasteiger charge is 2.08. The Kier molecular flexibility index (Phi) is 5.43. The molecule has 2 aromatic carbocycles. The molecule has 0 aliphatic carbocycles. The number of amides is 2. The van der Waals surface area contributed by atoms with E-state index in [1.807, 2.05) is 60.8 Å². The molecule has 6 nitrogen and oxygen atoms in total.